The van der Waals surface area contributed by atoms with Gasteiger partial charge in [-0.15, -0.1) is 0 Å². The average molecular weight is 331 g/mol. The van der Waals surface area contributed by atoms with Gasteiger partial charge in [0.25, 0.3) is 5.91 Å². The number of ether oxygens (including phenoxy) is 1. The monoisotopic (exact) mass is 331 g/mol. The second kappa shape index (κ2) is 8.73. The molecule has 0 aliphatic heterocycles. The molecular formula is C17H21N3O4. The molecule has 0 aliphatic carbocycles. The number of hydrogen-bond donors (Lipinski definition) is 2. The molecule has 7 nitrogen and oxygen atoms in total. The predicted octanol–water partition coefficient (Wildman–Crippen LogP) is 1.74. The highest BCUT2D eigenvalue weighted by Gasteiger charge is 2.17. The van der Waals surface area contributed by atoms with Crippen LogP contribution in [0.3, 0.4) is 0 Å². The predicted molar refractivity (Wildman–Crippen MR) is 88.2 cm³/mol. The van der Waals surface area contributed by atoms with E-state index in [9.17, 15) is 9.59 Å². The van der Waals surface area contributed by atoms with E-state index in [0.29, 0.717) is 37.6 Å². The van der Waals surface area contributed by atoms with Gasteiger partial charge in [-0.05, 0) is 29.8 Å². The highest BCUT2D eigenvalue weighted by Crippen LogP contribution is 2.12. The van der Waals surface area contributed by atoms with Gasteiger partial charge in [-0.2, -0.15) is 0 Å². The number of amides is 3. The lowest BCUT2D eigenvalue weighted by atomic mass is 10.1. The number of hydrogen-bond acceptors (Lipinski definition) is 4. The molecule has 1 aromatic carbocycles. The van der Waals surface area contributed by atoms with Crippen molar-refractivity contribution in [2.75, 3.05) is 20.3 Å². The van der Waals surface area contributed by atoms with E-state index in [2.05, 4.69) is 5.32 Å². The summed E-state index contributed by atoms with van der Waals surface area (Å²) in [5.74, 6) is 0.597. The summed E-state index contributed by atoms with van der Waals surface area (Å²) in [7, 11) is 1.59. The van der Waals surface area contributed by atoms with Crippen molar-refractivity contribution in [3.8, 4) is 0 Å². The molecule has 0 atom stereocenters. The summed E-state index contributed by atoms with van der Waals surface area (Å²) in [6.07, 6.45) is 1.58. The van der Waals surface area contributed by atoms with Crippen molar-refractivity contribution in [1.82, 2.24) is 10.2 Å². The fraction of sp³-hybridized carbons (Fsp3) is 0.294. The van der Waals surface area contributed by atoms with Crippen LogP contribution in [0.5, 0.6) is 0 Å². The molecular weight excluding hydrogens is 310 g/mol. The van der Waals surface area contributed by atoms with Gasteiger partial charge in [-0.3, -0.25) is 4.79 Å². The van der Waals surface area contributed by atoms with Gasteiger partial charge in [-0.1, -0.05) is 12.1 Å². The van der Waals surface area contributed by atoms with Gasteiger partial charge in [0, 0.05) is 25.8 Å². The minimum Gasteiger partial charge on any atom is -0.467 e. The van der Waals surface area contributed by atoms with Crippen molar-refractivity contribution in [3.63, 3.8) is 0 Å². The number of nitrogens with one attached hydrogen (secondary N) is 1. The first-order valence-electron chi connectivity index (χ1n) is 7.53. The van der Waals surface area contributed by atoms with E-state index >= 15 is 0 Å². The number of primary amides is 1. The first kappa shape index (κ1) is 17.6. The number of carbonyl (C=O) groups excluding carboxylic acids is 2. The normalized spacial score (nSPS) is 10.4. The topological polar surface area (TPSA) is 97.8 Å². The maximum absolute atomic E-state index is 12.7. The van der Waals surface area contributed by atoms with Gasteiger partial charge in [0.1, 0.15) is 5.76 Å². The Labute approximate surface area is 140 Å². The van der Waals surface area contributed by atoms with Gasteiger partial charge >= 0.3 is 6.03 Å². The lowest BCUT2D eigenvalue weighted by Crippen LogP contribution is -2.33. The highest BCUT2D eigenvalue weighted by molar-refractivity contribution is 5.94. The zero-order chi connectivity index (χ0) is 17.4. The Hall–Kier alpha value is -2.80. The van der Waals surface area contributed by atoms with E-state index in [-0.39, 0.29) is 5.91 Å². The van der Waals surface area contributed by atoms with E-state index < -0.39 is 6.03 Å². The summed E-state index contributed by atoms with van der Waals surface area (Å²) in [4.78, 5) is 25.1. The molecule has 0 radical (unpaired) electrons. The fourth-order valence-corrected chi connectivity index (χ4v) is 2.18. The molecule has 0 fully saturated rings. The third kappa shape index (κ3) is 5.13. The van der Waals surface area contributed by atoms with Crippen molar-refractivity contribution in [2.45, 2.75) is 13.1 Å². The van der Waals surface area contributed by atoms with Gasteiger partial charge in [0.15, 0.2) is 0 Å². The Kier molecular flexibility index (Phi) is 6.39. The first-order chi connectivity index (χ1) is 11.6. The Morgan fingerprint density at radius 1 is 1.25 bits per heavy atom. The number of nitrogens with two attached hydrogens (primary N) is 1. The number of methoxy groups -OCH3 is 1. The van der Waals surface area contributed by atoms with Crippen molar-refractivity contribution < 1.29 is 18.7 Å². The smallest absolute Gasteiger partial charge is 0.312 e. The molecule has 0 saturated heterocycles. The maximum Gasteiger partial charge on any atom is 0.312 e. The van der Waals surface area contributed by atoms with E-state index in [1.54, 1.807) is 48.6 Å². The average Bonchev–Trinajstić information content (AvgIpc) is 3.09. The molecule has 7 heteroatoms. The van der Waals surface area contributed by atoms with Crippen LogP contribution in [0.4, 0.5) is 4.79 Å². The SMILES string of the molecule is COCCN(Cc1ccco1)C(=O)c1ccc(CNC(N)=O)cc1. The Balaban J connectivity index is 2.05. The quantitative estimate of drug-likeness (QED) is 0.770. The maximum atomic E-state index is 12.7. The van der Waals surface area contributed by atoms with Crippen molar-refractivity contribution in [1.29, 1.82) is 0 Å². The van der Waals surface area contributed by atoms with Gasteiger partial charge in [0.2, 0.25) is 0 Å². The second-order valence-corrected chi connectivity index (χ2v) is 5.21. The molecule has 0 bridgehead atoms. The number of nitrogens with zero attached hydrogens (tertiary/aromatic N) is 1. The van der Waals surface area contributed by atoms with Gasteiger partial charge in [0.05, 0.1) is 19.4 Å². The number of furan rings is 1. The molecule has 1 aromatic heterocycles. The Morgan fingerprint density at radius 3 is 2.58 bits per heavy atom. The molecule has 0 unspecified atom stereocenters. The first-order valence-corrected chi connectivity index (χ1v) is 7.53. The molecule has 0 spiro atoms. The summed E-state index contributed by atoms with van der Waals surface area (Å²) in [5.41, 5.74) is 6.45. The lowest BCUT2D eigenvalue weighted by Gasteiger charge is -2.21. The Bertz CT molecular complexity index is 653. The summed E-state index contributed by atoms with van der Waals surface area (Å²) in [5, 5.41) is 2.51. The van der Waals surface area contributed by atoms with Crippen LogP contribution < -0.4 is 11.1 Å². The van der Waals surface area contributed by atoms with Crippen LogP contribution in [-0.4, -0.2) is 37.1 Å². The second-order valence-electron chi connectivity index (χ2n) is 5.21. The van der Waals surface area contributed by atoms with E-state index in [4.69, 9.17) is 14.9 Å². The highest BCUT2D eigenvalue weighted by atomic mass is 16.5. The molecule has 0 aliphatic rings. The van der Waals surface area contributed by atoms with Crippen LogP contribution in [0.1, 0.15) is 21.7 Å². The van der Waals surface area contributed by atoms with Crippen LogP contribution in [0, 0.1) is 0 Å². The van der Waals surface area contributed by atoms with E-state index in [1.807, 2.05) is 6.07 Å². The largest absolute Gasteiger partial charge is 0.467 e. The lowest BCUT2D eigenvalue weighted by molar-refractivity contribution is 0.0666. The number of benzene rings is 1. The summed E-state index contributed by atoms with van der Waals surface area (Å²) in [6, 6.07) is 10.0. The molecule has 128 valence electrons. The Morgan fingerprint density at radius 2 is 2.00 bits per heavy atom. The van der Waals surface area contributed by atoms with Crippen molar-refractivity contribution >= 4 is 11.9 Å². The zero-order valence-electron chi connectivity index (χ0n) is 13.5. The van der Waals surface area contributed by atoms with Crippen LogP contribution in [0.2, 0.25) is 0 Å². The molecule has 1 heterocycles. The number of urea groups is 1. The number of carbonyl (C=O) groups is 2. The summed E-state index contributed by atoms with van der Waals surface area (Å²) < 4.78 is 10.4. The van der Waals surface area contributed by atoms with E-state index in [0.717, 1.165) is 5.56 Å². The van der Waals surface area contributed by atoms with Crippen LogP contribution in [0.15, 0.2) is 47.1 Å². The van der Waals surface area contributed by atoms with Gasteiger partial charge < -0.3 is 25.1 Å². The molecule has 2 aromatic rings. The molecule has 3 N–H and O–H groups in total. The van der Waals surface area contributed by atoms with Crippen LogP contribution >= 0.6 is 0 Å². The number of rotatable bonds is 8. The van der Waals surface area contributed by atoms with Gasteiger partial charge in [-0.25, -0.2) is 4.79 Å². The van der Waals surface area contributed by atoms with Crippen molar-refractivity contribution in [3.05, 3.63) is 59.5 Å². The standard InChI is InChI=1S/C17H21N3O4/c1-23-10-8-20(12-15-3-2-9-24-15)16(21)14-6-4-13(5-7-14)11-19-17(18)22/h2-7,9H,8,10-12H2,1H3,(H3,18,19,22). The van der Waals surface area contributed by atoms with Crippen LogP contribution in [0.25, 0.3) is 0 Å². The minimum atomic E-state index is -0.584. The van der Waals surface area contributed by atoms with Crippen molar-refractivity contribution in [2.24, 2.45) is 5.73 Å². The van der Waals surface area contributed by atoms with E-state index in [1.165, 1.54) is 0 Å². The molecule has 2 rings (SSSR count). The molecule has 24 heavy (non-hydrogen) atoms. The third-order valence-electron chi connectivity index (χ3n) is 3.45. The third-order valence-corrected chi connectivity index (χ3v) is 3.45. The minimum absolute atomic E-state index is 0.113. The molecule has 0 saturated carbocycles. The summed E-state index contributed by atoms with van der Waals surface area (Å²) >= 11 is 0. The zero-order valence-corrected chi connectivity index (χ0v) is 13.5. The summed E-state index contributed by atoms with van der Waals surface area (Å²) in [6.45, 7) is 1.60. The van der Waals surface area contributed by atoms with Crippen LogP contribution in [-0.2, 0) is 17.8 Å². The molecule has 3 amide bonds. The fourth-order valence-electron chi connectivity index (χ4n) is 2.18.